The molecule has 126 valence electrons. The van der Waals surface area contributed by atoms with Crippen molar-refractivity contribution in [1.82, 2.24) is 10.3 Å². The Morgan fingerprint density at radius 2 is 1.88 bits per heavy atom. The smallest absolute Gasteiger partial charge is 0.172 e. The van der Waals surface area contributed by atoms with Crippen LogP contribution in [0.1, 0.15) is 31.2 Å². The maximum absolute atomic E-state index is 5.47. The van der Waals surface area contributed by atoms with E-state index < -0.39 is 0 Å². The van der Waals surface area contributed by atoms with Crippen LogP contribution in [0.5, 0.6) is 0 Å². The summed E-state index contributed by atoms with van der Waals surface area (Å²) in [4.78, 5) is 4.34. The van der Waals surface area contributed by atoms with E-state index in [0.717, 1.165) is 21.3 Å². The van der Waals surface area contributed by atoms with Gasteiger partial charge in [0.2, 0.25) is 0 Å². The van der Waals surface area contributed by atoms with Gasteiger partial charge in [-0.05, 0) is 68.5 Å². The summed E-state index contributed by atoms with van der Waals surface area (Å²) in [6, 6.07) is 12.7. The van der Waals surface area contributed by atoms with Crippen molar-refractivity contribution in [3.8, 4) is 0 Å². The van der Waals surface area contributed by atoms with Gasteiger partial charge in [-0.3, -0.25) is 0 Å². The summed E-state index contributed by atoms with van der Waals surface area (Å²) in [5, 5.41) is 7.18. The predicted molar refractivity (Wildman–Crippen MR) is 110 cm³/mol. The highest BCUT2D eigenvalue weighted by Crippen LogP contribution is 2.40. The van der Waals surface area contributed by atoms with E-state index in [1.807, 2.05) is 6.07 Å². The molecule has 1 aliphatic carbocycles. The molecule has 2 aromatic rings. The van der Waals surface area contributed by atoms with E-state index in [1.165, 1.54) is 31.2 Å². The third kappa shape index (κ3) is 4.16. The van der Waals surface area contributed by atoms with E-state index >= 15 is 0 Å². The Morgan fingerprint density at radius 3 is 2.54 bits per heavy atom. The topological polar surface area (TPSA) is 37.0 Å². The number of benzene rings is 1. The maximum Gasteiger partial charge on any atom is 0.172 e. The molecule has 0 atom stereocenters. The van der Waals surface area contributed by atoms with Crippen LogP contribution in [0.2, 0.25) is 0 Å². The third-order valence-electron chi connectivity index (χ3n) is 4.57. The van der Waals surface area contributed by atoms with Crippen molar-refractivity contribution >= 4 is 55.0 Å². The zero-order valence-electron chi connectivity index (χ0n) is 13.2. The third-order valence-corrected chi connectivity index (χ3v) is 5.86. The Kier molecular flexibility index (Phi) is 5.89. The van der Waals surface area contributed by atoms with E-state index in [0.29, 0.717) is 5.11 Å². The Bertz CT molecular complexity index is 715. The summed E-state index contributed by atoms with van der Waals surface area (Å²) in [5.74, 6) is 0.718. The molecule has 1 saturated carbocycles. The standard InChI is InChI=1S/C18H19Br2N3S/c19-14-10-15(20)16(21-11-14)23-17(24)22-12-18(8-4-5-9-18)13-6-2-1-3-7-13/h1-3,6-7,10-11H,4-5,8-9,12H2,(H2,21,22,23,24). The van der Waals surface area contributed by atoms with E-state index in [4.69, 9.17) is 12.2 Å². The number of nitrogens with one attached hydrogen (secondary N) is 2. The van der Waals surface area contributed by atoms with Crippen molar-refractivity contribution in [3.63, 3.8) is 0 Å². The van der Waals surface area contributed by atoms with Crippen LogP contribution in [0.25, 0.3) is 0 Å². The molecule has 3 nitrogen and oxygen atoms in total. The molecule has 0 amide bonds. The van der Waals surface area contributed by atoms with Crippen molar-refractivity contribution in [2.24, 2.45) is 0 Å². The molecule has 1 heterocycles. The van der Waals surface area contributed by atoms with E-state index in [1.54, 1.807) is 6.20 Å². The molecule has 0 aliphatic heterocycles. The number of thiocarbonyl (C=S) groups is 1. The second kappa shape index (κ2) is 7.93. The highest BCUT2D eigenvalue weighted by Gasteiger charge is 2.35. The number of hydrogen-bond donors (Lipinski definition) is 2. The maximum atomic E-state index is 5.47. The molecule has 1 aliphatic rings. The van der Waals surface area contributed by atoms with Gasteiger partial charge in [0.25, 0.3) is 0 Å². The van der Waals surface area contributed by atoms with Gasteiger partial charge in [0.05, 0.1) is 4.47 Å². The van der Waals surface area contributed by atoms with Gasteiger partial charge in [0, 0.05) is 22.6 Å². The molecule has 0 bridgehead atoms. The van der Waals surface area contributed by atoms with Gasteiger partial charge in [-0.25, -0.2) is 4.98 Å². The van der Waals surface area contributed by atoms with E-state index in [9.17, 15) is 0 Å². The van der Waals surface area contributed by atoms with Crippen LogP contribution in [0, 0.1) is 0 Å². The molecule has 1 aromatic heterocycles. The monoisotopic (exact) mass is 467 g/mol. The molecule has 0 saturated heterocycles. The average Bonchev–Trinajstić information content (AvgIpc) is 3.07. The molecule has 0 unspecified atom stereocenters. The Morgan fingerprint density at radius 1 is 1.17 bits per heavy atom. The highest BCUT2D eigenvalue weighted by atomic mass is 79.9. The number of rotatable bonds is 4. The molecule has 1 fully saturated rings. The number of anilines is 1. The Labute approximate surface area is 164 Å². The summed E-state index contributed by atoms with van der Waals surface area (Å²) >= 11 is 12.4. The Balaban J connectivity index is 1.66. The lowest BCUT2D eigenvalue weighted by atomic mass is 9.79. The fourth-order valence-electron chi connectivity index (χ4n) is 3.32. The highest BCUT2D eigenvalue weighted by molar-refractivity contribution is 9.11. The van der Waals surface area contributed by atoms with Gasteiger partial charge in [-0.2, -0.15) is 0 Å². The first-order valence-corrected chi connectivity index (χ1v) is 10.00. The minimum atomic E-state index is 0.178. The first kappa shape index (κ1) is 17.8. The molecule has 0 radical (unpaired) electrons. The molecular formula is C18H19Br2N3S. The number of nitrogens with zero attached hydrogens (tertiary/aromatic N) is 1. The summed E-state index contributed by atoms with van der Waals surface area (Å²) < 4.78 is 1.80. The van der Waals surface area contributed by atoms with Gasteiger partial charge in [-0.1, -0.05) is 43.2 Å². The molecule has 3 rings (SSSR count). The lowest BCUT2D eigenvalue weighted by molar-refractivity contribution is 0.435. The zero-order valence-corrected chi connectivity index (χ0v) is 17.2. The largest absolute Gasteiger partial charge is 0.362 e. The predicted octanol–water partition coefficient (Wildman–Crippen LogP) is 5.41. The first-order chi connectivity index (χ1) is 11.6. The van der Waals surface area contributed by atoms with Crippen molar-refractivity contribution in [2.75, 3.05) is 11.9 Å². The second-order valence-electron chi connectivity index (χ2n) is 6.15. The first-order valence-electron chi connectivity index (χ1n) is 8.00. The van der Waals surface area contributed by atoms with Crippen LogP contribution in [-0.2, 0) is 5.41 Å². The lowest BCUT2D eigenvalue weighted by Crippen LogP contribution is -2.40. The van der Waals surface area contributed by atoms with Gasteiger partial charge >= 0.3 is 0 Å². The zero-order chi connectivity index (χ0) is 17.0. The van der Waals surface area contributed by atoms with Crippen molar-refractivity contribution in [3.05, 3.63) is 57.1 Å². The molecule has 2 N–H and O–H groups in total. The molecule has 6 heteroatoms. The SMILES string of the molecule is S=C(NCC1(c2ccccc2)CCCC1)Nc1ncc(Br)cc1Br. The van der Waals surface area contributed by atoms with Gasteiger partial charge in [-0.15, -0.1) is 0 Å². The van der Waals surface area contributed by atoms with Gasteiger partial charge < -0.3 is 10.6 Å². The summed E-state index contributed by atoms with van der Waals surface area (Å²) in [6.07, 6.45) is 6.70. The summed E-state index contributed by atoms with van der Waals surface area (Å²) in [6.45, 7) is 0.844. The number of aromatic nitrogens is 1. The van der Waals surface area contributed by atoms with E-state index in [2.05, 4.69) is 77.8 Å². The normalized spacial score (nSPS) is 15.9. The number of halogens is 2. The van der Waals surface area contributed by atoms with Crippen LogP contribution < -0.4 is 10.6 Å². The summed E-state index contributed by atoms with van der Waals surface area (Å²) in [5.41, 5.74) is 1.58. The quantitative estimate of drug-likeness (QED) is 0.588. The van der Waals surface area contributed by atoms with Crippen LogP contribution in [0.4, 0.5) is 5.82 Å². The van der Waals surface area contributed by atoms with Crippen molar-refractivity contribution in [2.45, 2.75) is 31.1 Å². The average molecular weight is 469 g/mol. The fraction of sp³-hybridized carbons (Fsp3) is 0.333. The van der Waals surface area contributed by atoms with Gasteiger partial charge in [0.15, 0.2) is 5.11 Å². The second-order valence-corrected chi connectivity index (χ2v) is 8.32. The molecule has 24 heavy (non-hydrogen) atoms. The lowest BCUT2D eigenvalue weighted by Gasteiger charge is -2.30. The van der Waals surface area contributed by atoms with Crippen LogP contribution >= 0.6 is 44.1 Å². The minimum absolute atomic E-state index is 0.178. The van der Waals surface area contributed by atoms with Crippen LogP contribution in [0.15, 0.2) is 51.5 Å². The van der Waals surface area contributed by atoms with Crippen molar-refractivity contribution in [1.29, 1.82) is 0 Å². The number of hydrogen-bond acceptors (Lipinski definition) is 2. The number of pyridine rings is 1. The van der Waals surface area contributed by atoms with E-state index in [-0.39, 0.29) is 5.41 Å². The fourth-order valence-corrected chi connectivity index (χ4v) is 4.57. The minimum Gasteiger partial charge on any atom is -0.362 e. The molecule has 1 aromatic carbocycles. The van der Waals surface area contributed by atoms with Crippen LogP contribution in [-0.4, -0.2) is 16.6 Å². The van der Waals surface area contributed by atoms with Crippen LogP contribution in [0.3, 0.4) is 0 Å². The summed E-state index contributed by atoms with van der Waals surface area (Å²) in [7, 11) is 0. The molecule has 0 spiro atoms. The van der Waals surface area contributed by atoms with Crippen molar-refractivity contribution < 1.29 is 0 Å². The Hall–Kier alpha value is -0.980. The molecular weight excluding hydrogens is 450 g/mol. The van der Waals surface area contributed by atoms with Gasteiger partial charge in [0.1, 0.15) is 5.82 Å².